The van der Waals surface area contributed by atoms with Gasteiger partial charge in [-0.2, -0.15) is 0 Å². The van der Waals surface area contributed by atoms with E-state index in [1.54, 1.807) is 18.2 Å². The number of anilines is 1. The number of carbonyl (C=O) groups is 2. The van der Waals surface area contributed by atoms with Crippen LogP contribution in [0.3, 0.4) is 0 Å². The lowest BCUT2D eigenvalue weighted by atomic mass is 9.96. The van der Waals surface area contributed by atoms with E-state index >= 15 is 0 Å². The summed E-state index contributed by atoms with van der Waals surface area (Å²) in [6, 6.07) is 7.74. The summed E-state index contributed by atoms with van der Waals surface area (Å²) in [6.45, 7) is 7.72. The highest BCUT2D eigenvalue weighted by molar-refractivity contribution is 7.18. The normalized spacial score (nSPS) is 11.0. The van der Waals surface area contributed by atoms with E-state index in [0.717, 1.165) is 11.1 Å². The fraction of sp³-hybridized carbons (Fsp3) is 0.333. The van der Waals surface area contributed by atoms with E-state index in [-0.39, 0.29) is 30.7 Å². The number of terminal acetylenes is 1. The minimum Gasteiger partial charge on any atom is -0.322 e. The molecule has 0 saturated carbocycles. The van der Waals surface area contributed by atoms with Crippen LogP contribution in [0.4, 0.5) is 9.39 Å². The molecule has 2 rings (SSSR count). The number of aryl methyl sites for hydroxylation is 1. The van der Waals surface area contributed by atoms with E-state index in [0.29, 0.717) is 9.88 Å². The fourth-order valence-electron chi connectivity index (χ4n) is 2.32. The Morgan fingerprint density at radius 3 is 2.44 bits per heavy atom. The van der Waals surface area contributed by atoms with Crippen molar-refractivity contribution >= 4 is 28.2 Å². The number of hydrogen-bond acceptors (Lipinski definition) is 3. The van der Waals surface area contributed by atoms with Crippen LogP contribution in [0.2, 0.25) is 0 Å². The van der Waals surface area contributed by atoms with E-state index in [2.05, 4.69) is 11.2 Å². The van der Waals surface area contributed by atoms with Crippen molar-refractivity contribution in [1.82, 2.24) is 4.90 Å². The topological polar surface area (TPSA) is 49.4 Å². The number of benzene rings is 1. The van der Waals surface area contributed by atoms with Crippen molar-refractivity contribution in [2.75, 3.05) is 11.9 Å². The van der Waals surface area contributed by atoms with Crippen LogP contribution in [0.25, 0.3) is 0 Å². The first-order valence-electron chi connectivity index (χ1n) is 8.51. The summed E-state index contributed by atoms with van der Waals surface area (Å²) in [5.41, 5.74) is 1.03. The molecule has 2 aromatic rings. The smallest absolute Gasteiger partial charge is 0.265 e. The predicted octanol–water partition coefficient (Wildman–Crippen LogP) is 4.46. The first-order chi connectivity index (χ1) is 12.6. The molecule has 1 aromatic heterocycles. The molecule has 0 saturated heterocycles. The minimum absolute atomic E-state index is 0.116. The van der Waals surface area contributed by atoms with Crippen LogP contribution < -0.4 is 5.32 Å². The fourth-order valence-corrected chi connectivity index (χ4v) is 3.35. The molecular formula is C21H23FN2O2S. The molecule has 4 nitrogen and oxygen atoms in total. The molecule has 0 spiro atoms. The number of thiophene rings is 1. The summed E-state index contributed by atoms with van der Waals surface area (Å²) < 4.78 is 13.1. The molecule has 0 fully saturated rings. The van der Waals surface area contributed by atoms with Gasteiger partial charge in [-0.1, -0.05) is 38.8 Å². The lowest BCUT2D eigenvalue weighted by molar-refractivity contribution is -0.123. The molecule has 0 bridgehead atoms. The van der Waals surface area contributed by atoms with Crippen molar-refractivity contribution in [1.29, 1.82) is 0 Å². The SMILES string of the molecule is C#CCN(Cc1ccc(F)cc1)C(=O)c1sc(NC(=O)C(C)(C)C)cc1C. The number of carbonyl (C=O) groups excluding carboxylic acids is 2. The summed E-state index contributed by atoms with van der Waals surface area (Å²) >= 11 is 1.23. The van der Waals surface area contributed by atoms with Gasteiger partial charge in [-0.3, -0.25) is 9.59 Å². The molecule has 1 N–H and O–H groups in total. The number of nitrogens with zero attached hydrogens (tertiary/aromatic N) is 1. The minimum atomic E-state index is -0.528. The Bertz CT molecular complexity index is 873. The zero-order valence-electron chi connectivity index (χ0n) is 15.9. The molecule has 1 heterocycles. The second-order valence-electron chi connectivity index (χ2n) is 7.32. The number of rotatable bonds is 5. The third-order valence-corrected chi connectivity index (χ3v) is 5.03. The van der Waals surface area contributed by atoms with Gasteiger partial charge in [0.25, 0.3) is 5.91 Å². The van der Waals surface area contributed by atoms with Gasteiger partial charge >= 0.3 is 0 Å². The van der Waals surface area contributed by atoms with Gasteiger partial charge in [0.05, 0.1) is 16.4 Å². The molecule has 0 atom stereocenters. The number of hydrogen-bond donors (Lipinski definition) is 1. The van der Waals surface area contributed by atoms with Crippen molar-refractivity contribution in [3.8, 4) is 12.3 Å². The Morgan fingerprint density at radius 2 is 1.89 bits per heavy atom. The maximum atomic E-state index is 13.1. The molecule has 6 heteroatoms. The average Bonchev–Trinajstić information content (AvgIpc) is 2.95. The standard InChI is InChI=1S/C21H23FN2O2S/c1-6-11-24(13-15-7-9-16(22)10-8-15)19(25)18-14(2)12-17(27-18)23-20(26)21(3,4)5/h1,7-10,12H,11,13H2,2-5H3,(H,23,26). The third kappa shape index (κ3) is 5.41. The third-order valence-electron chi connectivity index (χ3n) is 3.89. The lowest BCUT2D eigenvalue weighted by Gasteiger charge is -2.20. The Morgan fingerprint density at radius 1 is 1.26 bits per heavy atom. The van der Waals surface area contributed by atoms with Gasteiger partial charge in [-0.25, -0.2) is 4.39 Å². The summed E-state index contributed by atoms with van der Waals surface area (Å²) in [6.07, 6.45) is 5.42. The van der Waals surface area contributed by atoms with Crippen LogP contribution in [0.15, 0.2) is 30.3 Å². The van der Waals surface area contributed by atoms with Gasteiger partial charge in [0.15, 0.2) is 0 Å². The lowest BCUT2D eigenvalue weighted by Crippen LogP contribution is -2.30. The second kappa shape index (κ2) is 8.36. The highest BCUT2D eigenvalue weighted by Gasteiger charge is 2.24. The highest BCUT2D eigenvalue weighted by Crippen LogP contribution is 2.29. The molecule has 142 valence electrons. The van der Waals surface area contributed by atoms with Crippen molar-refractivity contribution in [2.45, 2.75) is 34.2 Å². The molecule has 27 heavy (non-hydrogen) atoms. The summed E-state index contributed by atoms with van der Waals surface area (Å²) in [4.78, 5) is 27.2. The van der Waals surface area contributed by atoms with Crippen molar-refractivity contribution < 1.29 is 14.0 Å². The Hall–Kier alpha value is -2.65. The van der Waals surface area contributed by atoms with Crippen LogP contribution in [0.1, 0.15) is 41.6 Å². The largest absolute Gasteiger partial charge is 0.322 e. The highest BCUT2D eigenvalue weighted by atomic mass is 32.1. The van der Waals surface area contributed by atoms with E-state index in [1.807, 2.05) is 27.7 Å². The van der Waals surface area contributed by atoms with Gasteiger partial charge < -0.3 is 10.2 Å². The number of nitrogens with one attached hydrogen (secondary N) is 1. The quantitative estimate of drug-likeness (QED) is 0.772. The van der Waals surface area contributed by atoms with Crippen LogP contribution in [-0.4, -0.2) is 23.3 Å². The maximum absolute atomic E-state index is 13.1. The molecule has 0 aliphatic rings. The zero-order valence-corrected chi connectivity index (χ0v) is 16.7. The van der Waals surface area contributed by atoms with E-state index in [9.17, 15) is 14.0 Å². The van der Waals surface area contributed by atoms with Gasteiger partial charge in [0.1, 0.15) is 5.82 Å². The maximum Gasteiger partial charge on any atom is 0.265 e. The van der Waals surface area contributed by atoms with Crippen molar-refractivity contribution in [2.24, 2.45) is 5.41 Å². The van der Waals surface area contributed by atoms with Crippen LogP contribution in [0.5, 0.6) is 0 Å². The van der Waals surface area contributed by atoms with Crippen LogP contribution >= 0.6 is 11.3 Å². The van der Waals surface area contributed by atoms with Crippen LogP contribution in [-0.2, 0) is 11.3 Å². The molecular weight excluding hydrogens is 363 g/mol. The monoisotopic (exact) mass is 386 g/mol. The molecule has 0 aliphatic carbocycles. The molecule has 0 radical (unpaired) electrons. The van der Waals surface area contributed by atoms with Crippen LogP contribution in [0, 0.1) is 30.5 Å². The first kappa shape index (κ1) is 20.7. The summed E-state index contributed by atoms with van der Waals surface area (Å²) in [5, 5.41) is 3.48. The average molecular weight is 386 g/mol. The molecule has 1 aromatic carbocycles. The van der Waals surface area contributed by atoms with Gasteiger partial charge in [0.2, 0.25) is 5.91 Å². The molecule has 0 unspecified atom stereocenters. The number of halogens is 1. The predicted molar refractivity (Wildman–Crippen MR) is 107 cm³/mol. The van der Waals surface area contributed by atoms with Gasteiger partial charge in [0, 0.05) is 12.0 Å². The van der Waals surface area contributed by atoms with E-state index < -0.39 is 5.41 Å². The molecule has 0 aliphatic heterocycles. The first-order valence-corrected chi connectivity index (χ1v) is 9.32. The van der Waals surface area contributed by atoms with Gasteiger partial charge in [-0.15, -0.1) is 17.8 Å². The second-order valence-corrected chi connectivity index (χ2v) is 8.37. The Labute approximate surface area is 163 Å². The summed E-state index contributed by atoms with van der Waals surface area (Å²) in [7, 11) is 0. The van der Waals surface area contributed by atoms with Gasteiger partial charge in [-0.05, 0) is 36.2 Å². The Balaban J connectivity index is 2.21. The number of amides is 2. The Kier molecular flexibility index (Phi) is 6.40. The van der Waals surface area contributed by atoms with E-state index in [4.69, 9.17) is 6.42 Å². The van der Waals surface area contributed by atoms with Crippen molar-refractivity contribution in [3.63, 3.8) is 0 Å². The van der Waals surface area contributed by atoms with Crippen molar-refractivity contribution in [3.05, 3.63) is 52.2 Å². The summed E-state index contributed by atoms with van der Waals surface area (Å²) in [5.74, 6) is 1.83. The van der Waals surface area contributed by atoms with E-state index in [1.165, 1.54) is 28.4 Å². The molecule has 2 amide bonds. The zero-order chi connectivity index (χ0) is 20.2.